The number of nitrogens with zero attached hydrogens (tertiary/aromatic N) is 2. The Balaban J connectivity index is 2.56. The number of aryl methyl sites for hydroxylation is 1. The molecule has 7 nitrogen and oxygen atoms in total. The van der Waals surface area contributed by atoms with Crippen molar-refractivity contribution in [3.05, 3.63) is 29.3 Å². The van der Waals surface area contributed by atoms with Gasteiger partial charge in [-0.15, -0.1) is 0 Å². The van der Waals surface area contributed by atoms with Crippen LogP contribution in [0.5, 0.6) is 0 Å². The molecule has 0 aliphatic heterocycles. The minimum atomic E-state index is -3.59. The molecule has 0 radical (unpaired) electrons. The van der Waals surface area contributed by atoms with E-state index >= 15 is 0 Å². The summed E-state index contributed by atoms with van der Waals surface area (Å²) in [6.07, 6.45) is 0. The molecular formula is C18H31N3O4S. The highest BCUT2D eigenvalue weighted by atomic mass is 32.2. The summed E-state index contributed by atoms with van der Waals surface area (Å²) in [4.78, 5) is 14.7. The summed E-state index contributed by atoms with van der Waals surface area (Å²) in [5.74, 6) is -0.312. The average molecular weight is 386 g/mol. The lowest BCUT2D eigenvalue weighted by molar-refractivity contribution is 0.0884. The number of nitrogens with one attached hydrogen (secondary N) is 1. The highest BCUT2D eigenvalue weighted by Crippen LogP contribution is 2.19. The van der Waals surface area contributed by atoms with Gasteiger partial charge >= 0.3 is 0 Å². The Labute approximate surface area is 157 Å². The zero-order valence-corrected chi connectivity index (χ0v) is 17.2. The lowest BCUT2D eigenvalue weighted by Crippen LogP contribution is -2.30. The van der Waals surface area contributed by atoms with Crippen LogP contribution in [0.25, 0.3) is 0 Å². The number of rotatable bonds is 11. The quantitative estimate of drug-likeness (QED) is 0.582. The van der Waals surface area contributed by atoms with Crippen molar-refractivity contribution >= 4 is 15.9 Å². The number of benzene rings is 1. The monoisotopic (exact) mass is 385 g/mol. The van der Waals surface area contributed by atoms with Crippen LogP contribution in [-0.2, 0) is 14.8 Å². The second kappa shape index (κ2) is 10.6. The number of carbonyl (C=O) groups excluding carboxylic acids is 1. The van der Waals surface area contributed by atoms with Crippen molar-refractivity contribution < 1.29 is 17.9 Å². The van der Waals surface area contributed by atoms with E-state index in [9.17, 15) is 13.2 Å². The molecule has 0 atom stereocenters. The van der Waals surface area contributed by atoms with Crippen molar-refractivity contribution in [2.75, 3.05) is 53.5 Å². The van der Waals surface area contributed by atoms with Gasteiger partial charge in [-0.3, -0.25) is 4.79 Å². The molecule has 1 aromatic carbocycles. The number of ether oxygens (including phenoxy) is 1. The average Bonchev–Trinajstić information content (AvgIpc) is 2.61. The number of hydrogen-bond acceptors (Lipinski definition) is 5. The molecule has 0 saturated carbocycles. The van der Waals surface area contributed by atoms with Gasteiger partial charge in [-0.1, -0.05) is 19.9 Å². The van der Waals surface area contributed by atoms with Crippen molar-refractivity contribution in [2.45, 2.75) is 25.7 Å². The summed E-state index contributed by atoms with van der Waals surface area (Å²) < 4.78 is 31.3. The van der Waals surface area contributed by atoms with Crippen LogP contribution in [0.1, 0.15) is 29.8 Å². The van der Waals surface area contributed by atoms with E-state index in [-0.39, 0.29) is 10.8 Å². The van der Waals surface area contributed by atoms with Gasteiger partial charge in [0.15, 0.2) is 0 Å². The molecule has 0 spiro atoms. The Morgan fingerprint density at radius 1 is 1.15 bits per heavy atom. The van der Waals surface area contributed by atoms with Crippen LogP contribution in [0.15, 0.2) is 23.1 Å². The fourth-order valence-electron chi connectivity index (χ4n) is 2.39. The molecule has 0 unspecified atom stereocenters. The molecule has 1 amide bonds. The van der Waals surface area contributed by atoms with Crippen molar-refractivity contribution in [1.29, 1.82) is 0 Å². The van der Waals surface area contributed by atoms with Gasteiger partial charge < -0.3 is 15.0 Å². The lowest BCUT2D eigenvalue weighted by atomic mass is 10.1. The van der Waals surface area contributed by atoms with Crippen molar-refractivity contribution in [2.24, 2.45) is 0 Å². The van der Waals surface area contributed by atoms with Crippen LogP contribution in [0.4, 0.5) is 0 Å². The van der Waals surface area contributed by atoms with Gasteiger partial charge in [0.2, 0.25) is 10.0 Å². The van der Waals surface area contributed by atoms with Gasteiger partial charge in [0.05, 0.1) is 18.1 Å². The van der Waals surface area contributed by atoms with Crippen LogP contribution in [0, 0.1) is 6.92 Å². The standard InChI is InChI=1S/C18H31N3O4S/c1-6-21(7-2)11-13-25-12-10-19-18(22)16-9-8-15(3)17(14-16)26(23,24)20(4)5/h8-9,14H,6-7,10-13H2,1-5H3,(H,19,22). The first-order valence-electron chi connectivity index (χ1n) is 8.85. The molecule has 8 heteroatoms. The fraction of sp³-hybridized carbons (Fsp3) is 0.611. The third-order valence-corrected chi connectivity index (χ3v) is 6.14. The Morgan fingerprint density at radius 3 is 2.38 bits per heavy atom. The molecule has 0 aromatic heterocycles. The number of carbonyl (C=O) groups is 1. The maximum atomic E-state index is 12.3. The van der Waals surface area contributed by atoms with Gasteiger partial charge in [-0.05, 0) is 37.7 Å². The van der Waals surface area contributed by atoms with E-state index in [1.54, 1.807) is 19.1 Å². The zero-order chi connectivity index (χ0) is 19.7. The van der Waals surface area contributed by atoms with E-state index in [1.807, 2.05) is 0 Å². The van der Waals surface area contributed by atoms with Crippen LogP contribution in [-0.4, -0.2) is 77.0 Å². The molecule has 0 fully saturated rings. The predicted molar refractivity (Wildman–Crippen MR) is 103 cm³/mol. The van der Waals surface area contributed by atoms with Crippen LogP contribution < -0.4 is 5.32 Å². The zero-order valence-electron chi connectivity index (χ0n) is 16.4. The number of likely N-dealkylation sites (N-methyl/N-ethyl adjacent to an activating group) is 1. The Bertz CT molecular complexity index is 686. The first kappa shape index (κ1) is 22.6. The highest BCUT2D eigenvalue weighted by Gasteiger charge is 2.21. The molecule has 26 heavy (non-hydrogen) atoms. The largest absolute Gasteiger partial charge is 0.378 e. The molecule has 0 saturated heterocycles. The van der Waals surface area contributed by atoms with E-state index < -0.39 is 10.0 Å². The topological polar surface area (TPSA) is 79.0 Å². The minimum Gasteiger partial charge on any atom is -0.378 e. The van der Waals surface area contributed by atoms with Gasteiger partial charge in [-0.25, -0.2) is 12.7 Å². The number of amides is 1. The lowest BCUT2D eigenvalue weighted by Gasteiger charge is -2.17. The molecule has 0 heterocycles. The molecule has 0 aliphatic carbocycles. The summed E-state index contributed by atoms with van der Waals surface area (Å²) >= 11 is 0. The SMILES string of the molecule is CCN(CC)CCOCCNC(=O)c1ccc(C)c(S(=O)(=O)N(C)C)c1. The second-order valence-electron chi connectivity index (χ2n) is 6.16. The second-order valence-corrected chi connectivity index (χ2v) is 8.28. The molecule has 1 rings (SSSR count). The first-order chi connectivity index (χ1) is 12.2. The van der Waals surface area contributed by atoms with E-state index in [1.165, 1.54) is 20.2 Å². The van der Waals surface area contributed by atoms with E-state index in [0.29, 0.717) is 30.9 Å². The highest BCUT2D eigenvalue weighted by molar-refractivity contribution is 7.89. The first-order valence-corrected chi connectivity index (χ1v) is 10.3. The van der Waals surface area contributed by atoms with E-state index in [0.717, 1.165) is 23.9 Å². The van der Waals surface area contributed by atoms with Crippen LogP contribution >= 0.6 is 0 Å². The third kappa shape index (κ3) is 6.35. The van der Waals surface area contributed by atoms with E-state index in [2.05, 4.69) is 24.1 Å². The molecule has 148 valence electrons. The summed E-state index contributed by atoms with van der Waals surface area (Å²) in [5.41, 5.74) is 0.925. The van der Waals surface area contributed by atoms with Gasteiger partial charge in [0.1, 0.15) is 0 Å². The Morgan fingerprint density at radius 2 is 1.81 bits per heavy atom. The van der Waals surface area contributed by atoms with Gasteiger partial charge in [0, 0.05) is 32.7 Å². The maximum absolute atomic E-state index is 12.3. The van der Waals surface area contributed by atoms with Crippen molar-refractivity contribution in [1.82, 2.24) is 14.5 Å². The van der Waals surface area contributed by atoms with Crippen LogP contribution in [0.2, 0.25) is 0 Å². The minimum absolute atomic E-state index is 0.144. The molecule has 1 N–H and O–H groups in total. The van der Waals surface area contributed by atoms with Crippen LogP contribution in [0.3, 0.4) is 0 Å². The summed E-state index contributed by atoms with van der Waals surface area (Å²) in [7, 11) is -0.647. The predicted octanol–water partition coefficient (Wildman–Crippen LogP) is 1.33. The van der Waals surface area contributed by atoms with Gasteiger partial charge in [0.25, 0.3) is 5.91 Å². The summed E-state index contributed by atoms with van der Waals surface area (Å²) in [6.45, 7) is 10.2. The molecular weight excluding hydrogens is 354 g/mol. The molecule has 0 bridgehead atoms. The van der Waals surface area contributed by atoms with Gasteiger partial charge in [-0.2, -0.15) is 0 Å². The van der Waals surface area contributed by atoms with Crippen molar-refractivity contribution in [3.63, 3.8) is 0 Å². The summed E-state index contributed by atoms with van der Waals surface area (Å²) in [6, 6.07) is 4.69. The van der Waals surface area contributed by atoms with Crippen molar-refractivity contribution in [3.8, 4) is 0 Å². The summed E-state index contributed by atoms with van der Waals surface area (Å²) in [5, 5.41) is 2.76. The van der Waals surface area contributed by atoms with E-state index in [4.69, 9.17) is 4.74 Å². The number of hydrogen-bond donors (Lipinski definition) is 1. The Kier molecular flexibility index (Phi) is 9.21. The third-order valence-electron chi connectivity index (χ3n) is 4.19. The smallest absolute Gasteiger partial charge is 0.251 e. The molecule has 0 aliphatic rings. The maximum Gasteiger partial charge on any atom is 0.251 e. The normalized spacial score (nSPS) is 12.0. The number of sulfonamides is 1. The molecule has 1 aromatic rings. The Hall–Kier alpha value is -1.48. The fourth-order valence-corrected chi connectivity index (χ4v) is 3.53.